The van der Waals surface area contributed by atoms with Crippen LogP contribution in [0.4, 0.5) is 4.79 Å². The van der Waals surface area contributed by atoms with Gasteiger partial charge in [0, 0.05) is 13.0 Å². The number of rotatable bonds is 12. The van der Waals surface area contributed by atoms with Gasteiger partial charge in [0.25, 0.3) is 5.91 Å². The van der Waals surface area contributed by atoms with Gasteiger partial charge in [0.1, 0.15) is 6.61 Å². The SMILES string of the molecule is CC(CNC(=O)OCc1ccccc1)CC1=NOC(C(=O)N[C@@H](CC(=O)O)C(=O)CBr)C1. The van der Waals surface area contributed by atoms with Gasteiger partial charge in [-0.05, 0) is 17.9 Å². The highest BCUT2D eigenvalue weighted by Gasteiger charge is 2.32. The maximum Gasteiger partial charge on any atom is 0.407 e. The van der Waals surface area contributed by atoms with Gasteiger partial charge in [-0.2, -0.15) is 0 Å². The molecule has 2 unspecified atom stereocenters. The van der Waals surface area contributed by atoms with E-state index in [1.165, 1.54) is 0 Å². The molecule has 1 aliphatic heterocycles. The van der Waals surface area contributed by atoms with Crippen molar-refractivity contribution in [3.63, 3.8) is 0 Å². The number of amides is 2. The zero-order chi connectivity index (χ0) is 23.5. The average Bonchev–Trinajstić information content (AvgIpc) is 3.24. The molecule has 3 atom stereocenters. The van der Waals surface area contributed by atoms with E-state index >= 15 is 0 Å². The Kier molecular flexibility index (Phi) is 10.1. The van der Waals surface area contributed by atoms with Crippen molar-refractivity contribution in [1.82, 2.24) is 10.6 Å². The Morgan fingerprint density at radius 2 is 2.00 bits per heavy atom. The van der Waals surface area contributed by atoms with Gasteiger partial charge in [0.05, 0.1) is 23.5 Å². The summed E-state index contributed by atoms with van der Waals surface area (Å²) >= 11 is 2.98. The number of carbonyl (C=O) groups excluding carboxylic acids is 3. The fourth-order valence-corrected chi connectivity index (χ4v) is 3.36. The molecule has 0 saturated carbocycles. The number of carboxylic acids is 1. The van der Waals surface area contributed by atoms with Crippen molar-refractivity contribution in [3.8, 4) is 0 Å². The minimum atomic E-state index is -1.20. The van der Waals surface area contributed by atoms with Crippen LogP contribution in [0.25, 0.3) is 0 Å². The molecule has 1 aromatic carbocycles. The third-order valence-corrected chi connectivity index (χ3v) is 5.18. The third-order valence-electron chi connectivity index (χ3n) is 4.63. The van der Waals surface area contributed by atoms with Crippen LogP contribution in [0.2, 0.25) is 0 Å². The van der Waals surface area contributed by atoms with E-state index in [1.807, 2.05) is 37.3 Å². The van der Waals surface area contributed by atoms with Crippen LogP contribution < -0.4 is 10.6 Å². The Labute approximate surface area is 193 Å². The monoisotopic (exact) mass is 511 g/mol. The first-order chi connectivity index (χ1) is 15.3. The number of carbonyl (C=O) groups is 4. The van der Waals surface area contributed by atoms with Crippen LogP contribution in [0.15, 0.2) is 35.5 Å². The lowest BCUT2D eigenvalue weighted by molar-refractivity contribution is -0.141. The number of hydrogen-bond acceptors (Lipinski definition) is 7. The lowest BCUT2D eigenvalue weighted by Gasteiger charge is -2.17. The Morgan fingerprint density at radius 1 is 1.28 bits per heavy atom. The number of aliphatic carboxylic acids is 1. The lowest BCUT2D eigenvalue weighted by Crippen LogP contribution is -2.47. The summed E-state index contributed by atoms with van der Waals surface area (Å²) in [6.45, 7) is 2.44. The van der Waals surface area contributed by atoms with Crippen LogP contribution in [0.1, 0.15) is 31.7 Å². The molecule has 0 bridgehead atoms. The number of oxime groups is 1. The van der Waals surface area contributed by atoms with Gasteiger partial charge >= 0.3 is 12.1 Å². The molecule has 0 spiro atoms. The van der Waals surface area contributed by atoms with E-state index in [2.05, 4.69) is 31.7 Å². The van der Waals surface area contributed by atoms with Crippen molar-refractivity contribution in [2.75, 3.05) is 11.9 Å². The molecule has 1 heterocycles. The van der Waals surface area contributed by atoms with E-state index in [1.54, 1.807) is 0 Å². The minimum absolute atomic E-state index is 0.0122. The molecular weight excluding hydrogens is 486 g/mol. The second kappa shape index (κ2) is 12.8. The fourth-order valence-electron chi connectivity index (χ4n) is 2.97. The quantitative estimate of drug-likeness (QED) is 0.364. The van der Waals surface area contributed by atoms with Gasteiger partial charge in [0.2, 0.25) is 6.10 Å². The normalized spacial score (nSPS) is 16.8. The van der Waals surface area contributed by atoms with Crippen molar-refractivity contribution in [1.29, 1.82) is 0 Å². The topological polar surface area (TPSA) is 143 Å². The molecule has 0 fully saturated rings. The van der Waals surface area contributed by atoms with E-state index in [-0.39, 0.29) is 24.3 Å². The summed E-state index contributed by atoms with van der Waals surface area (Å²) in [4.78, 5) is 52.1. The Bertz CT molecular complexity index is 847. The number of ketones is 1. The number of alkyl carbamates (subject to hydrolysis) is 1. The Morgan fingerprint density at radius 3 is 2.66 bits per heavy atom. The molecule has 0 aliphatic carbocycles. The number of nitrogens with one attached hydrogen (secondary N) is 2. The molecule has 11 heteroatoms. The molecule has 174 valence electrons. The first kappa shape index (κ1) is 25.3. The Balaban J connectivity index is 1.71. The number of ether oxygens (including phenoxy) is 1. The highest BCUT2D eigenvalue weighted by molar-refractivity contribution is 9.09. The molecule has 10 nitrogen and oxygen atoms in total. The van der Waals surface area contributed by atoms with Crippen LogP contribution in [0.3, 0.4) is 0 Å². The molecule has 32 heavy (non-hydrogen) atoms. The number of alkyl halides is 1. The number of carboxylic acid groups (broad SMARTS) is 1. The number of hydrogen-bond donors (Lipinski definition) is 3. The highest BCUT2D eigenvalue weighted by atomic mass is 79.9. The van der Waals surface area contributed by atoms with Crippen LogP contribution >= 0.6 is 15.9 Å². The molecule has 3 N–H and O–H groups in total. The minimum Gasteiger partial charge on any atom is -0.481 e. The predicted molar refractivity (Wildman–Crippen MR) is 118 cm³/mol. The highest BCUT2D eigenvalue weighted by Crippen LogP contribution is 2.17. The largest absolute Gasteiger partial charge is 0.481 e. The van der Waals surface area contributed by atoms with Crippen molar-refractivity contribution in [3.05, 3.63) is 35.9 Å². The van der Waals surface area contributed by atoms with Crippen LogP contribution in [-0.4, -0.2) is 58.6 Å². The predicted octanol–water partition coefficient (Wildman–Crippen LogP) is 2.01. The first-order valence-electron chi connectivity index (χ1n) is 10.1. The van der Waals surface area contributed by atoms with Crippen molar-refractivity contribution >= 4 is 45.4 Å². The second-order valence-electron chi connectivity index (χ2n) is 7.47. The van der Waals surface area contributed by atoms with E-state index in [9.17, 15) is 19.2 Å². The third kappa shape index (κ3) is 8.66. The van der Waals surface area contributed by atoms with Gasteiger partial charge in [0.15, 0.2) is 5.78 Å². The van der Waals surface area contributed by atoms with E-state index in [0.29, 0.717) is 18.7 Å². The van der Waals surface area contributed by atoms with E-state index in [0.717, 1.165) is 5.56 Å². The van der Waals surface area contributed by atoms with E-state index < -0.39 is 42.3 Å². The number of halogens is 1. The number of nitrogens with zero attached hydrogens (tertiary/aromatic N) is 1. The zero-order valence-electron chi connectivity index (χ0n) is 17.6. The molecule has 1 aromatic rings. The molecule has 0 saturated heterocycles. The van der Waals surface area contributed by atoms with Crippen molar-refractivity contribution < 1.29 is 33.9 Å². The molecule has 0 radical (unpaired) electrons. The van der Waals surface area contributed by atoms with Gasteiger partial charge in [-0.3, -0.25) is 14.4 Å². The summed E-state index contributed by atoms with van der Waals surface area (Å²) in [6, 6.07) is 8.19. The zero-order valence-corrected chi connectivity index (χ0v) is 19.2. The van der Waals surface area contributed by atoms with Gasteiger partial charge < -0.3 is 25.3 Å². The smallest absolute Gasteiger partial charge is 0.407 e. The second-order valence-corrected chi connectivity index (χ2v) is 8.03. The molecule has 2 rings (SSSR count). The molecule has 0 aromatic heterocycles. The van der Waals surface area contributed by atoms with Crippen molar-refractivity contribution in [2.24, 2.45) is 11.1 Å². The summed E-state index contributed by atoms with van der Waals surface area (Å²) in [5.41, 5.74) is 1.53. The molecule has 1 aliphatic rings. The fraction of sp³-hybridized carbons (Fsp3) is 0.476. The van der Waals surface area contributed by atoms with Crippen LogP contribution in [0, 0.1) is 5.92 Å². The molecule has 2 amide bonds. The van der Waals surface area contributed by atoms with Gasteiger partial charge in [-0.15, -0.1) is 0 Å². The maximum atomic E-state index is 12.3. The van der Waals surface area contributed by atoms with Crippen molar-refractivity contribution in [2.45, 2.75) is 44.9 Å². The summed E-state index contributed by atoms with van der Waals surface area (Å²) in [6.07, 6.45) is -1.26. The Hall–Kier alpha value is -2.95. The maximum absolute atomic E-state index is 12.3. The number of benzene rings is 1. The van der Waals surface area contributed by atoms with Crippen LogP contribution in [-0.2, 0) is 30.6 Å². The average molecular weight is 512 g/mol. The summed E-state index contributed by atoms with van der Waals surface area (Å²) in [7, 11) is 0. The first-order valence-corrected chi connectivity index (χ1v) is 11.2. The lowest BCUT2D eigenvalue weighted by atomic mass is 10.0. The molecular formula is C21H26BrN3O7. The summed E-state index contributed by atoms with van der Waals surface area (Å²) < 4.78 is 5.16. The summed E-state index contributed by atoms with van der Waals surface area (Å²) in [5, 5.41) is 17.9. The standard InChI is InChI=1S/C21H26BrN3O7/c1-13(11-23-21(30)31-12-14-5-3-2-4-6-14)7-15-8-18(32-25-15)20(29)24-16(9-19(27)28)17(26)10-22/h2-6,13,16,18H,7-12H2,1H3,(H,23,30)(H,24,29)(H,27,28)/t13?,16-,18?/m0/s1. The van der Waals surface area contributed by atoms with Crippen LogP contribution in [0.5, 0.6) is 0 Å². The summed E-state index contributed by atoms with van der Waals surface area (Å²) in [5.74, 6) is -2.23. The van der Waals surface area contributed by atoms with E-state index in [4.69, 9.17) is 14.7 Å². The number of Topliss-reactive ketones (excluding diaryl/α,β-unsaturated/α-hetero) is 1. The van der Waals surface area contributed by atoms with Gasteiger partial charge in [-0.25, -0.2) is 4.79 Å². The van der Waals surface area contributed by atoms with Gasteiger partial charge in [-0.1, -0.05) is 58.3 Å².